The van der Waals surface area contributed by atoms with Crippen LogP contribution < -0.4 is 4.90 Å². The zero-order valence-electron chi connectivity index (χ0n) is 11.6. The molecule has 106 valence electrons. The Balaban J connectivity index is 1.82. The second-order valence-corrected chi connectivity index (χ2v) is 5.09. The number of anilines is 1. The van der Waals surface area contributed by atoms with Crippen molar-refractivity contribution in [2.24, 2.45) is 0 Å². The molecule has 0 saturated carbocycles. The Morgan fingerprint density at radius 3 is 2.52 bits per heavy atom. The Morgan fingerprint density at radius 2 is 1.81 bits per heavy atom. The van der Waals surface area contributed by atoms with Crippen molar-refractivity contribution in [1.82, 2.24) is 0 Å². The molecule has 0 radical (unpaired) electrons. The van der Waals surface area contributed by atoms with Crippen molar-refractivity contribution in [1.29, 1.82) is 0 Å². The Hall–Kier alpha value is -2.39. The number of para-hydroxylation sites is 1. The molecule has 3 nitrogen and oxygen atoms in total. The van der Waals surface area contributed by atoms with Gasteiger partial charge in [0.15, 0.2) is 0 Å². The normalized spacial score (nSPS) is 18.0. The highest BCUT2D eigenvalue weighted by molar-refractivity contribution is 6.02. The first kappa shape index (κ1) is 13.6. The molecule has 3 rings (SSSR count). The second-order valence-electron chi connectivity index (χ2n) is 5.09. The van der Waals surface area contributed by atoms with Crippen LogP contribution in [0.5, 0.6) is 0 Å². The molecule has 21 heavy (non-hydrogen) atoms. The van der Waals surface area contributed by atoms with E-state index < -0.39 is 0 Å². The van der Waals surface area contributed by atoms with E-state index in [1.54, 1.807) is 4.90 Å². The maximum atomic E-state index is 11.9. The molecule has 1 aliphatic rings. The van der Waals surface area contributed by atoms with Crippen LogP contribution in [0.1, 0.15) is 17.5 Å². The third-order valence-electron chi connectivity index (χ3n) is 3.72. The molecule has 1 unspecified atom stereocenters. The monoisotopic (exact) mass is 279 g/mol. The molecular formula is C18H17NO2. The molecule has 2 aromatic rings. The maximum absolute atomic E-state index is 11.9. The van der Waals surface area contributed by atoms with Gasteiger partial charge in [-0.15, -0.1) is 0 Å². The van der Waals surface area contributed by atoms with Gasteiger partial charge in [0.1, 0.15) is 0 Å². The molecule has 0 aromatic heterocycles. The first-order chi connectivity index (χ1) is 10.3. The lowest BCUT2D eigenvalue weighted by Crippen LogP contribution is -2.52. The highest BCUT2D eigenvalue weighted by Crippen LogP contribution is 2.31. The Morgan fingerprint density at radius 1 is 1.10 bits per heavy atom. The Kier molecular flexibility index (Phi) is 3.84. The van der Waals surface area contributed by atoms with Crippen LogP contribution >= 0.6 is 0 Å². The molecule has 0 spiro atoms. The molecule has 1 fully saturated rings. The summed E-state index contributed by atoms with van der Waals surface area (Å²) in [6.45, 7) is -0.0604. The number of amides is 1. The third kappa shape index (κ3) is 2.73. The van der Waals surface area contributed by atoms with E-state index in [4.69, 9.17) is 0 Å². The topological polar surface area (TPSA) is 40.5 Å². The second kappa shape index (κ2) is 5.94. The van der Waals surface area contributed by atoms with E-state index in [1.807, 2.05) is 66.7 Å². The zero-order valence-corrected chi connectivity index (χ0v) is 11.6. The van der Waals surface area contributed by atoms with Gasteiger partial charge < -0.3 is 10.0 Å². The lowest BCUT2D eigenvalue weighted by atomic mass is 9.97. The van der Waals surface area contributed by atoms with Crippen LogP contribution in [0.3, 0.4) is 0 Å². The van der Waals surface area contributed by atoms with Crippen molar-refractivity contribution in [2.45, 2.75) is 19.1 Å². The summed E-state index contributed by atoms with van der Waals surface area (Å²) in [5, 5.41) is 9.41. The van der Waals surface area contributed by atoms with Crippen LogP contribution in [-0.2, 0) is 11.4 Å². The van der Waals surface area contributed by atoms with Crippen LogP contribution in [0, 0.1) is 0 Å². The van der Waals surface area contributed by atoms with Crippen LogP contribution in [0.25, 0.3) is 6.08 Å². The minimum absolute atomic E-state index is 0.0604. The molecule has 1 heterocycles. The summed E-state index contributed by atoms with van der Waals surface area (Å²) in [4.78, 5) is 13.7. The van der Waals surface area contributed by atoms with Crippen LogP contribution in [-0.4, -0.2) is 17.1 Å². The minimum atomic E-state index is -0.0604. The molecule has 0 aliphatic carbocycles. The van der Waals surface area contributed by atoms with E-state index in [-0.39, 0.29) is 18.6 Å². The van der Waals surface area contributed by atoms with Gasteiger partial charge in [-0.25, -0.2) is 0 Å². The summed E-state index contributed by atoms with van der Waals surface area (Å²) >= 11 is 0. The fraction of sp³-hybridized carbons (Fsp3) is 0.167. The number of carbonyl (C=O) groups excluding carboxylic acids is 1. The molecule has 1 N–H and O–H groups in total. The average Bonchev–Trinajstić information content (AvgIpc) is 2.52. The van der Waals surface area contributed by atoms with E-state index in [9.17, 15) is 9.90 Å². The minimum Gasteiger partial charge on any atom is -0.392 e. The van der Waals surface area contributed by atoms with Crippen LogP contribution in [0.2, 0.25) is 0 Å². The summed E-state index contributed by atoms with van der Waals surface area (Å²) in [6.07, 6.45) is 4.60. The van der Waals surface area contributed by atoms with Gasteiger partial charge in [0.05, 0.1) is 19.1 Å². The van der Waals surface area contributed by atoms with Gasteiger partial charge in [-0.2, -0.15) is 0 Å². The SMILES string of the molecule is O=C1CC(/C=C/c2ccccc2)N1c1ccccc1CO. The molecule has 1 saturated heterocycles. The number of hydrogen-bond acceptors (Lipinski definition) is 2. The van der Waals surface area contributed by atoms with Gasteiger partial charge in [-0.1, -0.05) is 60.7 Å². The van der Waals surface area contributed by atoms with Crippen LogP contribution in [0.4, 0.5) is 5.69 Å². The average molecular weight is 279 g/mol. The molecule has 3 heteroatoms. The lowest BCUT2D eigenvalue weighted by Gasteiger charge is -2.39. The van der Waals surface area contributed by atoms with Crippen molar-refractivity contribution in [3.63, 3.8) is 0 Å². The first-order valence-electron chi connectivity index (χ1n) is 7.03. The van der Waals surface area contributed by atoms with Gasteiger partial charge in [-0.05, 0) is 11.6 Å². The molecule has 1 aliphatic heterocycles. The van der Waals surface area contributed by atoms with Crippen LogP contribution in [0.15, 0.2) is 60.7 Å². The molecule has 1 amide bonds. The van der Waals surface area contributed by atoms with E-state index in [1.165, 1.54) is 0 Å². The molecular weight excluding hydrogens is 262 g/mol. The van der Waals surface area contributed by atoms with Crippen molar-refractivity contribution in [3.05, 3.63) is 71.8 Å². The maximum Gasteiger partial charge on any atom is 0.229 e. The van der Waals surface area contributed by atoms with Gasteiger partial charge in [0.25, 0.3) is 0 Å². The quantitative estimate of drug-likeness (QED) is 0.874. The summed E-state index contributed by atoms with van der Waals surface area (Å²) < 4.78 is 0. The number of aliphatic hydroxyl groups excluding tert-OH is 1. The van der Waals surface area contributed by atoms with E-state index in [0.717, 1.165) is 16.8 Å². The largest absolute Gasteiger partial charge is 0.392 e. The summed E-state index contributed by atoms with van der Waals surface area (Å²) in [7, 11) is 0. The van der Waals surface area contributed by atoms with Crippen molar-refractivity contribution < 1.29 is 9.90 Å². The highest BCUT2D eigenvalue weighted by Gasteiger charge is 2.36. The summed E-state index contributed by atoms with van der Waals surface area (Å²) in [6, 6.07) is 17.6. The molecule has 1 atom stereocenters. The number of hydrogen-bond donors (Lipinski definition) is 1. The fourth-order valence-electron chi connectivity index (χ4n) is 2.57. The number of rotatable bonds is 4. The Labute approximate surface area is 124 Å². The first-order valence-corrected chi connectivity index (χ1v) is 7.03. The van der Waals surface area contributed by atoms with Gasteiger partial charge in [0, 0.05) is 11.3 Å². The fourth-order valence-corrected chi connectivity index (χ4v) is 2.57. The number of nitrogens with zero attached hydrogens (tertiary/aromatic N) is 1. The van der Waals surface area contributed by atoms with Crippen molar-refractivity contribution >= 4 is 17.7 Å². The third-order valence-corrected chi connectivity index (χ3v) is 3.72. The number of benzene rings is 2. The van der Waals surface area contributed by atoms with Crippen molar-refractivity contribution in [2.75, 3.05) is 4.90 Å². The van der Waals surface area contributed by atoms with Crippen molar-refractivity contribution in [3.8, 4) is 0 Å². The van der Waals surface area contributed by atoms with E-state index in [0.29, 0.717) is 6.42 Å². The number of β-lactam (4-membered cyclic amide) rings is 1. The van der Waals surface area contributed by atoms with E-state index >= 15 is 0 Å². The smallest absolute Gasteiger partial charge is 0.229 e. The number of carbonyl (C=O) groups is 1. The van der Waals surface area contributed by atoms with Gasteiger partial charge >= 0.3 is 0 Å². The number of aliphatic hydroxyl groups is 1. The van der Waals surface area contributed by atoms with E-state index in [2.05, 4.69) is 0 Å². The van der Waals surface area contributed by atoms with Gasteiger partial charge in [0.2, 0.25) is 5.91 Å². The zero-order chi connectivity index (χ0) is 14.7. The molecule has 2 aromatic carbocycles. The lowest BCUT2D eigenvalue weighted by molar-refractivity contribution is -0.123. The predicted octanol–water partition coefficient (Wildman–Crippen LogP) is 3.00. The standard InChI is InChI=1S/C18H17NO2/c20-13-15-8-4-5-9-17(15)19-16(12-18(19)21)11-10-14-6-2-1-3-7-14/h1-11,16,20H,12-13H2/b11-10+. The summed E-state index contributed by atoms with van der Waals surface area (Å²) in [5.74, 6) is 0.0959. The summed E-state index contributed by atoms with van der Waals surface area (Å²) in [5.41, 5.74) is 2.70. The van der Waals surface area contributed by atoms with Gasteiger partial charge in [-0.3, -0.25) is 4.79 Å². The molecule has 0 bridgehead atoms. The highest BCUT2D eigenvalue weighted by atomic mass is 16.3. The predicted molar refractivity (Wildman–Crippen MR) is 83.7 cm³/mol. The Bertz CT molecular complexity index is 664.